The molecule has 1 saturated carbocycles. The number of rotatable bonds is 0. The van der Waals surface area contributed by atoms with Crippen molar-refractivity contribution in [2.45, 2.75) is 11.6 Å². The zero-order valence-corrected chi connectivity index (χ0v) is 9.14. The van der Waals surface area contributed by atoms with Crippen LogP contribution in [0.4, 0.5) is 5.69 Å². The highest BCUT2D eigenvalue weighted by molar-refractivity contribution is 5.90. The van der Waals surface area contributed by atoms with Crippen molar-refractivity contribution in [1.82, 2.24) is 4.90 Å². The summed E-state index contributed by atoms with van der Waals surface area (Å²) in [4.78, 5) is 4.73. The Bertz CT molecular complexity index is 601. The molecule has 0 amide bonds. The van der Waals surface area contributed by atoms with E-state index in [4.69, 9.17) is 0 Å². The number of nitrogens with zero attached hydrogens (tertiary/aromatic N) is 2. The highest BCUT2D eigenvalue weighted by atomic mass is 15.4. The SMILES string of the molecule is C=C1C2C3N(C)C=CN3c3cccc4c3C142. The Labute approximate surface area is 94.5 Å². The highest BCUT2D eigenvalue weighted by Gasteiger charge is 2.78. The minimum absolute atomic E-state index is 0.306. The first-order valence-corrected chi connectivity index (χ1v) is 5.80. The summed E-state index contributed by atoms with van der Waals surface area (Å²) in [6, 6.07) is 6.70. The van der Waals surface area contributed by atoms with Crippen molar-refractivity contribution in [1.29, 1.82) is 0 Å². The van der Waals surface area contributed by atoms with Gasteiger partial charge < -0.3 is 9.80 Å². The highest BCUT2D eigenvalue weighted by Crippen LogP contribution is 2.80. The Balaban J connectivity index is 1.85. The Morgan fingerprint density at radius 2 is 2.19 bits per heavy atom. The second kappa shape index (κ2) is 1.81. The molecule has 4 aliphatic rings. The third-order valence-electron chi connectivity index (χ3n) is 4.81. The molecule has 78 valence electrons. The van der Waals surface area contributed by atoms with Crippen LogP contribution < -0.4 is 4.90 Å². The maximum absolute atomic E-state index is 4.30. The summed E-state index contributed by atoms with van der Waals surface area (Å²) >= 11 is 0. The summed E-state index contributed by atoms with van der Waals surface area (Å²) in [5.74, 6) is 0.623. The number of anilines is 1. The molecule has 0 bridgehead atoms. The molecule has 2 heterocycles. The van der Waals surface area contributed by atoms with Crippen molar-refractivity contribution >= 4 is 5.69 Å². The third-order valence-corrected chi connectivity index (χ3v) is 4.81. The van der Waals surface area contributed by atoms with E-state index in [1.807, 2.05) is 0 Å². The van der Waals surface area contributed by atoms with Crippen molar-refractivity contribution in [2.24, 2.45) is 5.92 Å². The molecule has 2 nitrogen and oxygen atoms in total. The monoisotopic (exact) mass is 208 g/mol. The molecule has 1 aromatic rings. The van der Waals surface area contributed by atoms with Gasteiger partial charge in [-0.15, -0.1) is 0 Å². The molecule has 3 unspecified atom stereocenters. The standard InChI is InChI=1S/C14H12N2/c1-8-11-13-15(2)6-7-16(13)10-5-3-4-9-12(10)14(8,9)11/h3-7,11,13H,1H2,2H3. The first-order valence-electron chi connectivity index (χ1n) is 5.80. The fourth-order valence-corrected chi connectivity index (χ4v) is 4.05. The lowest BCUT2D eigenvalue weighted by atomic mass is 10.1. The number of hydrogen-bond acceptors (Lipinski definition) is 2. The van der Waals surface area contributed by atoms with Gasteiger partial charge in [0.05, 0.1) is 5.41 Å². The molecule has 3 atom stereocenters. The zero-order valence-electron chi connectivity index (χ0n) is 9.14. The van der Waals surface area contributed by atoms with Gasteiger partial charge in [-0.05, 0) is 17.2 Å². The van der Waals surface area contributed by atoms with Crippen molar-refractivity contribution in [3.8, 4) is 0 Å². The molecule has 0 N–H and O–H groups in total. The molecule has 2 aliphatic carbocycles. The smallest absolute Gasteiger partial charge is 0.113 e. The maximum atomic E-state index is 4.30. The Morgan fingerprint density at radius 3 is 3.06 bits per heavy atom. The summed E-state index contributed by atoms with van der Waals surface area (Å²) in [7, 11) is 2.16. The Morgan fingerprint density at radius 1 is 1.31 bits per heavy atom. The molecular weight excluding hydrogens is 196 g/mol. The minimum atomic E-state index is 0.306. The Hall–Kier alpha value is -1.70. The van der Waals surface area contributed by atoms with Crippen LogP contribution in [0.1, 0.15) is 11.1 Å². The van der Waals surface area contributed by atoms with Crippen LogP contribution >= 0.6 is 0 Å². The summed E-state index contributed by atoms with van der Waals surface area (Å²) in [5.41, 5.74) is 6.23. The van der Waals surface area contributed by atoms with E-state index < -0.39 is 0 Å². The maximum Gasteiger partial charge on any atom is 0.113 e. The van der Waals surface area contributed by atoms with Crippen molar-refractivity contribution in [2.75, 3.05) is 11.9 Å². The minimum Gasteiger partial charge on any atom is -0.358 e. The van der Waals surface area contributed by atoms with Crippen LogP contribution in [0, 0.1) is 5.92 Å². The molecule has 0 radical (unpaired) electrons. The molecule has 0 saturated heterocycles. The summed E-state index contributed by atoms with van der Waals surface area (Å²) in [6.07, 6.45) is 4.85. The second-order valence-electron chi connectivity index (χ2n) is 5.30. The fourth-order valence-electron chi connectivity index (χ4n) is 4.05. The van der Waals surface area contributed by atoms with Gasteiger partial charge in [-0.25, -0.2) is 0 Å². The van der Waals surface area contributed by atoms with Crippen molar-refractivity contribution in [3.63, 3.8) is 0 Å². The largest absolute Gasteiger partial charge is 0.358 e. The van der Waals surface area contributed by atoms with Gasteiger partial charge in [0, 0.05) is 31.1 Å². The van der Waals surface area contributed by atoms with Gasteiger partial charge in [0.25, 0.3) is 0 Å². The van der Waals surface area contributed by atoms with E-state index in [0.717, 1.165) is 0 Å². The van der Waals surface area contributed by atoms with Gasteiger partial charge in [0.15, 0.2) is 0 Å². The zero-order chi connectivity index (χ0) is 10.7. The van der Waals surface area contributed by atoms with E-state index in [1.54, 1.807) is 5.56 Å². The molecule has 5 rings (SSSR count). The van der Waals surface area contributed by atoms with E-state index in [-0.39, 0.29) is 0 Å². The van der Waals surface area contributed by atoms with Gasteiger partial charge in [-0.3, -0.25) is 0 Å². The Kier molecular flexibility index (Phi) is 0.857. The predicted molar refractivity (Wildman–Crippen MR) is 63.0 cm³/mol. The quantitative estimate of drug-likeness (QED) is 0.602. The topological polar surface area (TPSA) is 6.48 Å². The summed E-state index contributed by atoms with van der Waals surface area (Å²) in [5, 5.41) is 0. The van der Waals surface area contributed by atoms with Gasteiger partial charge >= 0.3 is 0 Å². The molecule has 16 heavy (non-hydrogen) atoms. The average molecular weight is 208 g/mol. The van der Waals surface area contributed by atoms with Gasteiger partial charge in [-0.1, -0.05) is 24.3 Å². The first-order chi connectivity index (χ1) is 7.78. The summed E-state index contributed by atoms with van der Waals surface area (Å²) in [6.45, 7) is 4.30. The lowest BCUT2D eigenvalue weighted by molar-refractivity contribution is 0.316. The molecule has 2 heteroatoms. The second-order valence-corrected chi connectivity index (χ2v) is 5.30. The molecule has 2 aliphatic heterocycles. The normalized spacial score (nSPS) is 39.4. The van der Waals surface area contributed by atoms with E-state index in [1.165, 1.54) is 16.8 Å². The van der Waals surface area contributed by atoms with Crippen LogP contribution in [-0.4, -0.2) is 18.1 Å². The molecule has 0 aromatic heterocycles. The number of benzene rings is 1. The number of hydrogen-bond donors (Lipinski definition) is 0. The van der Waals surface area contributed by atoms with Gasteiger partial charge in [0.1, 0.15) is 6.17 Å². The summed E-state index contributed by atoms with van der Waals surface area (Å²) < 4.78 is 0. The molecular formula is C14H12N2. The van der Waals surface area contributed by atoms with Crippen LogP contribution in [0.5, 0.6) is 0 Å². The lowest BCUT2D eigenvalue weighted by Gasteiger charge is -2.33. The third kappa shape index (κ3) is 0.478. The lowest BCUT2D eigenvalue weighted by Crippen LogP contribution is -2.41. The van der Waals surface area contributed by atoms with Crippen LogP contribution in [0.25, 0.3) is 0 Å². The average Bonchev–Trinajstić information content (AvgIpc) is 3.08. The predicted octanol–water partition coefficient (Wildman–Crippen LogP) is 2.03. The van der Waals surface area contributed by atoms with E-state index in [9.17, 15) is 0 Å². The van der Waals surface area contributed by atoms with Crippen LogP contribution in [0.15, 0.2) is 42.8 Å². The van der Waals surface area contributed by atoms with Gasteiger partial charge in [-0.2, -0.15) is 0 Å². The van der Waals surface area contributed by atoms with Crippen LogP contribution in [-0.2, 0) is 5.41 Å². The van der Waals surface area contributed by atoms with E-state index in [2.05, 4.69) is 54.0 Å². The van der Waals surface area contributed by atoms with Crippen molar-refractivity contribution in [3.05, 3.63) is 53.9 Å². The van der Waals surface area contributed by atoms with E-state index in [0.29, 0.717) is 17.5 Å². The molecule has 1 aromatic carbocycles. The van der Waals surface area contributed by atoms with E-state index >= 15 is 0 Å². The first kappa shape index (κ1) is 7.55. The number of fused-ring (bicyclic) bond motifs is 3. The van der Waals surface area contributed by atoms with Crippen LogP contribution in [0.2, 0.25) is 0 Å². The molecule has 1 spiro atoms. The van der Waals surface area contributed by atoms with Gasteiger partial charge in [0.2, 0.25) is 0 Å². The molecule has 1 fully saturated rings. The van der Waals surface area contributed by atoms with Crippen LogP contribution in [0.3, 0.4) is 0 Å². The van der Waals surface area contributed by atoms with Crippen molar-refractivity contribution < 1.29 is 0 Å². The fraction of sp³-hybridized carbons (Fsp3) is 0.286.